The number of hydrogen-bond donors (Lipinski definition) is 2. The van der Waals surface area contributed by atoms with Crippen molar-refractivity contribution in [1.82, 2.24) is 4.98 Å². The van der Waals surface area contributed by atoms with E-state index < -0.39 is 5.97 Å². The van der Waals surface area contributed by atoms with Gasteiger partial charge in [-0.05, 0) is 34.1 Å². The van der Waals surface area contributed by atoms with Gasteiger partial charge < -0.3 is 15.8 Å². The number of esters is 1. The predicted molar refractivity (Wildman–Crippen MR) is 87.4 cm³/mol. The van der Waals surface area contributed by atoms with Gasteiger partial charge in [0.2, 0.25) is 0 Å². The van der Waals surface area contributed by atoms with Crippen LogP contribution in [0.2, 0.25) is 10.0 Å². The van der Waals surface area contributed by atoms with E-state index in [1.807, 2.05) is 0 Å². The Labute approximate surface area is 139 Å². The van der Waals surface area contributed by atoms with Crippen LogP contribution in [0.15, 0.2) is 28.9 Å². The average Bonchev–Trinajstić information content (AvgIpc) is 2.48. The third-order valence-electron chi connectivity index (χ3n) is 2.60. The standard InChI is InChI=1S/C13H10BrCl2N3O2/c1-21-13(20)7-4-6(17)5-18-12(7)19-9-3-2-8(14)10(15)11(9)16/h2-5H,17H2,1H3,(H,18,19). The maximum absolute atomic E-state index is 11.8. The van der Waals surface area contributed by atoms with E-state index in [-0.39, 0.29) is 11.4 Å². The molecule has 0 saturated heterocycles. The molecule has 0 radical (unpaired) electrons. The van der Waals surface area contributed by atoms with Gasteiger partial charge in [-0.3, -0.25) is 0 Å². The largest absolute Gasteiger partial charge is 0.465 e. The molecule has 5 nitrogen and oxygen atoms in total. The number of nitrogens with zero attached hydrogens (tertiary/aromatic N) is 1. The molecule has 2 rings (SSSR count). The highest BCUT2D eigenvalue weighted by Gasteiger charge is 2.16. The number of methoxy groups -OCH3 is 1. The molecule has 1 heterocycles. The minimum Gasteiger partial charge on any atom is -0.465 e. The van der Waals surface area contributed by atoms with Crippen LogP contribution in [0, 0.1) is 0 Å². The Morgan fingerprint density at radius 2 is 2.10 bits per heavy atom. The van der Waals surface area contributed by atoms with Gasteiger partial charge in [-0.2, -0.15) is 0 Å². The number of nitrogens with one attached hydrogen (secondary N) is 1. The normalized spacial score (nSPS) is 10.3. The van der Waals surface area contributed by atoms with E-state index in [0.29, 0.717) is 25.9 Å². The second-order valence-corrected chi connectivity index (χ2v) is 5.61. The highest BCUT2D eigenvalue weighted by molar-refractivity contribution is 9.10. The average molecular weight is 391 g/mol. The van der Waals surface area contributed by atoms with E-state index in [9.17, 15) is 4.79 Å². The molecule has 1 aromatic carbocycles. The molecule has 0 spiro atoms. The molecular weight excluding hydrogens is 381 g/mol. The van der Waals surface area contributed by atoms with Crippen molar-refractivity contribution in [1.29, 1.82) is 0 Å². The monoisotopic (exact) mass is 389 g/mol. The molecule has 0 aliphatic heterocycles. The minimum atomic E-state index is -0.559. The van der Waals surface area contributed by atoms with Crippen LogP contribution in [0.1, 0.15) is 10.4 Å². The highest BCUT2D eigenvalue weighted by atomic mass is 79.9. The van der Waals surface area contributed by atoms with Gasteiger partial charge in [-0.25, -0.2) is 9.78 Å². The van der Waals surface area contributed by atoms with E-state index in [0.717, 1.165) is 0 Å². The van der Waals surface area contributed by atoms with Crippen molar-refractivity contribution in [3.63, 3.8) is 0 Å². The SMILES string of the molecule is COC(=O)c1cc(N)cnc1Nc1ccc(Br)c(Cl)c1Cl. The van der Waals surface area contributed by atoms with E-state index in [4.69, 9.17) is 33.7 Å². The molecule has 0 fully saturated rings. The van der Waals surface area contributed by atoms with E-state index >= 15 is 0 Å². The first-order valence-corrected chi connectivity index (χ1v) is 7.23. The Morgan fingerprint density at radius 3 is 2.76 bits per heavy atom. The molecule has 8 heteroatoms. The number of carbonyl (C=O) groups excluding carboxylic acids is 1. The number of ether oxygens (including phenoxy) is 1. The fourth-order valence-electron chi connectivity index (χ4n) is 1.60. The molecule has 0 amide bonds. The van der Waals surface area contributed by atoms with E-state index in [1.54, 1.807) is 12.1 Å². The Bertz CT molecular complexity index is 710. The maximum Gasteiger partial charge on any atom is 0.341 e. The molecule has 0 atom stereocenters. The van der Waals surface area contributed by atoms with Crippen molar-refractivity contribution in [2.45, 2.75) is 0 Å². The van der Waals surface area contributed by atoms with Crippen molar-refractivity contribution >= 4 is 62.3 Å². The Hall–Kier alpha value is -1.50. The van der Waals surface area contributed by atoms with Crippen LogP contribution >= 0.6 is 39.1 Å². The lowest BCUT2D eigenvalue weighted by Crippen LogP contribution is -2.08. The van der Waals surface area contributed by atoms with Crippen molar-refractivity contribution in [2.24, 2.45) is 0 Å². The van der Waals surface area contributed by atoms with Crippen molar-refractivity contribution in [3.8, 4) is 0 Å². The second-order valence-electron chi connectivity index (χ2n) is 4.00. The van der Waals surface area contributed by atoms with Crippen molar-refractivity contribution < 1.29 is 9.53 Å². The summed E-state index contributed by atoms with van der Waals surface area (Å²) < 4.78 is 5.37. The zero-order chi connectivity index (χ0) is 15.6. The molecule has 3 N–H and O–H groups in total. The lowest BCUT2D eigenvalue weighted by Gasteiger charge is -2.12. The molecule has 2 aromatic rings. The third kappa shape index (κ3) is 3.40. The van der Waals surface area contributed by atoms with Gasteiger partial charge in [0.1, 0.15) is 11.4 Å². The van der Waals surface area contributed by atoms with Crippen LogP contribution in [-0.4, -0.2) is 18.1 Å². The molecule has 110 valence electrons. The number of nitrogen functional groups attached to an aromatic ring is 1. The summed E-state index contributed by atoms with van der Waals surface area (Å²) >= 11 is 15.5. The molecule has 0 saturated carbocycles. The highest BCUT2D eigenvalue weighted by Crippen LogP contribution is 2.37. The molecule has 21 heavy (non-hydrogen) atoms. The van der Waals surface area contributed by atoms with Gasteiger partial charge in [-0.1, -0.05) is 23.2 Å². The van der Waals surface area contributed by atoms with Crippen molar-refractivity contribution in [3.05, 3.63) is 44.5 Å². The number of carbonyl (C=O) groups is 1. The van der Waals surface area contributed by atoms with Gasteiger partial charge in [0.05, 0.1) is 34.7 Å². The van der Waals surface area contributed by atoms with Crippen LogP contribution in [-0.2, 0) is 4.74 Å². The smallest absolute Gasteiger partial charge is 0.341 e. The maximum atomic E-state index is 11.8. The topological polar surface area (TPSA) is 77.2 Å². The number of anilines is 3. The summed E-state index contributed by atoms with van der Waals surface area (Å²) in [6, 6.07) is 4.90. The Kier molecular flexibility index (Phi) is 4.92. The molecule has 0 bridgehead atoms. The minimum absolute atomic E-state index is 0.201. The zero-order valence-corrected chi connectivity index (χ0v) is 13.9. The molecule has 1 aromatic heterocycles. The zero-order valence-electron chi connectivity index (χ0n) is 10.8. The van der Waals surface area contributed by atoms with Crippen LogP contribution in [0.3, 0.4) is 0 Å². The van der Waals surface area contributed by atoms with E-state index in [2.05, 4.69) is 26.2 Å². The van der Waals surface area contributed by atoms with Crippen LogP contribution in [0.4, 0.5) is 17.2 Å². The van der Waals surface area contributed by atoms with E-state index in [1.165, 1.54) is 19.4 Å². The van der Waals surface area contributed by atoms with Gasteiger partial charge in [0, 0.05) is 4.47 Å². The molecular formula is C13H10BrCl2N3O2. The first kappa shape index (κ1) is 15.9. The Balaban J connectivity index is 2.45. The van der Waals surface area contributed by atoms with Gasteiger partial charge in [-0.15, -0.1) is 0 Å². The van der Waals surface area contributed by atoms with Gasteiger partial charge in [0.15, 0.2) is 0 Å². The number of nitrogens with two attached hydrogens (primary N) is 1. The summed E-state index contributed by atoms with van der Waals surface area (Å²) in [5.74, 6) is -0.284. The quantitative estimate of drug-likeness (QED) is 0.604. The number of rotatable bonds is 3. The number of pyridine rings is 1. The Morgan fingerprint density at radius 1 is 1.38 bits per heavy atom. The third-order valence-corrected chi connectivity index (χ3v) is 4.37. The lowest BCUT2D eigenvalue weighted by molar-refractivity contribution is 0.0601. The summed E-state index contributed by atoms with van der Waals surface area (Å²) in [7, 11) is 1.28. The fourth-order valence-corrected chi connectivity index (χ4v) is 2.42. The predicted octanol–water partition coefficient (Wildman–Crippen LogP) is 4.26. The first-order valence-electron chi connectivity index (χ1n) is 5.68. The number of aromatic nitrogens is 1. The number of benzene rings is 1. The molecule has 0 aliphatic rings. The van der Waals surface area contributed by atoms with Crippen LogP contribution in [0.25, 0.3) is 0 Å². The molecule has 0 unspecified atom stereocenters. The summed E-state index contributed by atoms with van der Waals surface area (Å²) in [5, 5.41) is 3.61. The van der Waals surface area contributed by atoms with Crippen molar-refractivity contribution in [2.75, 3.05) is 18.2 Å². The van der Waals surface area contributed by atoms with Gasteiger partial charge >= 0.3 is 5.97 Å². The second kappa shape index (κ2) is 6.51. The molecule has 0 aliphatic carbocycles. The fraction of sp³-hybridized carbons (Fsp3) is 0.0769. The lowest BCUT2D eigenvalue weighted by atomic mass is 10.2. The summed E-state index contributed by atoms with van der Waals surface area (Å²) in [5.41, 5.74) is 6.69. The first-order chi connectivity index (χ1) is 9.93. The van der Waals surface area contributed by atoms with Crippen LogP contribution in [0.5, 0.6) is 0 Å². The summed E-state index contributed by atoms with van der Waals surface area (Å²) in [6.07, 6.45) is 1.42. The summed E-state index contributed by atoms with van der Waals surface area (Å²) in [4.78, 5) is 15.8. The number of hydrogen-bond acceptors (Lipinski definition) is 5. The number of halogens is 3. The van der Waals surface area contributed by atoms with Gasteiger partial charge in [0.25, 0.3) is 0 Å². The van der Waals surface area contributed by atoms with Crippen LogP contribution < -0.4 is 11.1 Å². The summed E-state index contributed by atoms with van der Waals surface area (Å²) in [6.45, 7) is 0.